The highest BCUT2D eigenvalue weighted by molar-refractivity contribution is 8.00. The maximum Gasteiger partial charge on any atom is 0.338 e. The van der Waals surface area contributed by atoms with Gasteiger partial charge in [0.25, 0.3) is 5.56 Å². The number of hydrogen-bond donors (Lipinski definition) is 0. The van der Waals surface area contributed by atoms with E-state index in [0.717, 1.165) is 16.5 Å². The molecule has 3 aromatic carbocycles. The first-order valence-electron chi connectivity index (χ1n) is 12.3. The van der Waals surface area contributed by atoms with E-state index in [4.69, 9.17) is 9.73 Å². The van der Waals surface area contributed by atoms with Gasteiger partial charge in [-0.2, -0.15) is 0 Å². The van der Waals surface area contributed by atoms with Crippen LogP contribution in [0.15, 0.2) is 92.7 Å². The van der Waals surface area contributed by atoms with Crippen LogP contribution in [0, 0.1) is 0 Å². The van der Waals surface area contributed by atoms with Gasteiger partial charge in [0, 0.05) is 10.1 Å². The number of benzene rings is 3. The van der Waals surface area contributed by atoms with Crippen LogP contribution < -0.4 is 14.9 Å². The number of ether oxygens (including phenoxy) is 1. The van der Waals surface area contributed by atoms with E-state index in [0.29, 0.717) is 32.3 Å². The van der Waals surface area contributed by atoms with Gasteiger partial charge in [0.2, 0.25) is 0 Å². The summed E-state index contributed by atoms with van der Waals surface area (Å²) in [5.41, 5.74) is 2.72. The Kier molecular flexibility index (Phi) is 7.17. The predicted molar refractivity (Wildman–Crippen MR) is 152 cm³/mol. The number of fused-ring (bicyclic) bond motifs is 2. The van der Waals surface area contributed by atoms with Crippen molar-refractivity contribution in [2.75, 3.05) is 7.11 Å². The molecule has 0 aliphatic carbocycles. The summed E-state index contributed by atoms with van der Waals surface area (Å²) in [7, 11) is 1.36. The zero-order valence-electron chi connectivity index (χ0n) is 21.2. The van der Waals surface area contributed by atoms with Crippen molar-refractivity contribution in [3.05, 3.63) is 109 Å². The quantitative estimate of drug-likeness (QED) is 0.247. The van der Waals surface area contributed by atoms with Crippen molar-refractivity contribution in [2.24, 2.45) is 4.99 Å². The van der Waals surface area contributed by atoms with Gasteiger partial charge in [0.15, 0.2) is 4.80 Å². The van der Waals surface area contributed by atoms with Crippen molar-refractivity contribution in [1.29, 1.82) is 0 Å². The molecular weight excluding hydrogens is 500 g/mol. The average molecular weight is 529 g/mol. The summed E-state index contributed by atoms with van der Waals surface area (Å²) in [6.07, 6.45) is 2.50. The molecule has 0 spiro atoms. The van der Waals surface area contributed by atoms with Crippen LogP contribution in [0.1, 0.15) is 44.4 Å². The lowest BCUT2D eigenvalue weighted by atomic mass is 9.95. The summed E-state index contributed by atoms with van der Waals surface area (Å²) in [4.78, 5) is 33.4. The van der Waals surface area contributed by atoms with Crippen molar-refractivity contribution < 1.29 is 9.53 Å². The maximum absolute atomic E-state index is 13.9. The molecule has 1 atom stereocenters. The van der Waals surface area contributed by atoms with Gasteiger partial charge in [0.05, 0.1) is 29.0 Å². The molecule has 0 saturated heterocycles. The molecule has 2 heterocycles. The van der Waals surface area contributed by atoms with Crippen molar-refractivity contribution in [3.8, 4) is 0 Å². The van der Waals surface area contributed by atoms with Crippen molar-refractivity contribution in [3.63, 3.8) is 0 Å². The molecule has 0 amide bonds. The van der Waals surface area contributed by atoms with E-state index >= 15 is 0 Å². The highest BCUT2D eigenvalue weighted by atomic mass is 32.2. The second-order valence-corrected chi connectivity index (χ2v) is 11.7. The third-order valence-electron chi connectivity index (χ3n) is 6.33. The molecule has 0 radical (unpaired) electrons. The minimum Gasteiger partial charge on any atom is -0.466 e. The largest absolute Gasteiger partial charge is 0.466 e. The zero-order chi connectivity index (χ0) is 26.1. The summed E-state index contributed by atoms with van der Waals surface area (Å²) in [5.74, 6) is -0.465. The first kappa shape index (κ1) is 25.2. The lowest BCUT2D eigenvalue weighted by Crippen LogP contribution is -2.40. The number of methoxy groups -OCH3 is 1. The highest BCUT2D eigenvalue weighted by Gasteiger charge is 2.33. The molecule has 0 saturated carbocycles. The minimum absolute atomic E-state index is 0.168. The van der Waals surface area contributed by atoms with Crippen molar-refractivity contribution in [2.45, 2.75) is 43.4 Å². The molecule has 0 unspecified atom stereocenters. The topological polar surface area (TPSA) is 60.7 Å². The Hall–Kier alpha value is -3.42. The molecule has 0 fully saturated rings. The first-order valence-corrected chi connectivity index (χ1v) is 14.0. The van der Waals surface area contributed by atoms with Gasteiger partial charge >= 0.3 is 5.97 Å². The van der Waals surface area contributed by atoms with E-state index in [9.17, 15) is 9.59 Å². The average Bonchev–Trinajstić information content (AvgIpc) is 3.23. The summed E-state index contributed by atoms with van der Waals surface area (Å²) in [5, 5.41) is 2.74. The van der Waals surface area contributed by atoms with Crippen LogP contribution in [0.2, 0.25) is 0 Å². The van der Waals surface area contributed by atoms with Crippen LogP contribution in [0.4, 0.5) is 0 Å². The normalized spacial score (nSPS) is 15.7. The molecule has 188 valence electrons. The Morgan fingerprint density at radius 2 is 1.78 bits per heavy atom. The molecule has 5 nitrogen and oxygen atoms in total. The predicted octanol–water partition coefficient (Wildman–Crippen LogP) is 5.45. The summed E-state index contributed by atoms with van der Waals surface area (Å²) in [6, 6.07) is 21.5. The van der Waals surface area contributed by atoms with Crippen LogP contribution in [0.5, 0.6) is 0 Å². The van der Waals surface area contributed by atoms with Crippen LogP contribution >= 0.6 is 23.1 Å². The summed E-state index contributed by atoms with van der Waals surface area (Å²) in [6.45, 7) is 6.33. The third kappa shape index (κ3) is 4.69. The lowest BCUT2D eigenvalue weighted by molar-refractivity contribution is -0.136. The molecule has 4 aromatic rings. The fraction of sp³-hybridized carbons (Fsp3) is 0.233. The number of thiazole rings is 1. The van der Waals surface area contributed by atoms with E-state index in [1.165, 1.54) is 28.7 Å². The third-order valence-corrected chi connectivity index (χ3v) is 8.40. The van der Waals surface area contributed by atoms with E-state index < -0.39 is 12.0 Å². The molecule has 7 heteroatoms. The Balaban J connectivity index is 1.75. The highest BCUT2D eigenvalue weighted by Crippen LogP contribution is 2.33. The van der Waals surface area contributed by atoms with Crippen molar-refractivity contribution >= 4 is 45.9 Å². The van der Waals surface area contributed by atoms with Gasteiger partial charge in [0.1, 0.15) is 0 Å². The molecule has 5 rings (SSSR count). The monoisotopic (exact) mass is 528 g/mol. The van der Waals surface area contributed by atoms with Gasteiger partial charge in [-0.15, -0.1) is 11.8 Å². The van der Waals surface area contributed by atoms with Crippen LogP contribution in [0.25, 0.3) is 16.8 Å². The molecule has 37 heavy (non-hydrogen) atoms. The summed E-state index contributed by atoms with van der Waals surface area (Å²) < 4.78 is 7.36. The van der Waals surface area contributed by atoms with Gasteiger partial charge < -0.3 is 4.74 Å². The van der Waals surface area contributed by atoms with E-state index in [1.807, 2.05) is 67.2 Å². The Morgan fingerprint density at radius 1 is 1.08 bits per heavy atom. The number of carbonyl (C=O) groups excluding carboxylic acids is 1. The number of nitrogens with zero attached hydrogens (tertiary/aromatic N) is 2. The number of aromatic nitrogens is 1. The second-order valence-electron chi connectivity index (χ2n) is 9.06. The van der Waals surface area contributed by atoms with E-state index in [1.54, 1.807) is 4.57 Å². The van der Waals surface area contributed by atoms with Gasteiger partial charge in [-0.25, -0.2) is 9.79 Å². The number of esters is 1. The van der Waals surface area contributed by atoms with Gasteiger partial charge in [-0.05, 0) is 40.5 Å². The molecule has 1 aliphatic rings. The minimum atomic E-state index is -0.594. The first-order chi connectivity index (χ1) is 17.9. The van der Waals surface area contributed by atoms with Crippen LogP contribution in [0.3, 0.4) is 0 Å². The summed E-state index contributed by atoms with van der Waals surface area (Å²) >= 11 is 3.19. The Bertz CT molecular complexity index is 1700. The number of rotatable bonds is 6. The zero-order valence-corrected chi connectivity index (χ0v) is 22.9. The SMILES string of the molecule is CCC1=C(C(=O)OC)[C@@H](c2ccccc2)n2c(s/c(=C\c3ccc(SC(C)C)c4ccccc34)c2=O)=N1. The fourth-order valence-corrected chi connectivity index (χ4v) is 6.70. The molecule has 0 bridgehead atoms. The lowest BCUT2D eigenvalue weighted by Gasteiger charge is -2.25. The molecular formula is C30H28N2O3S2. The second kappa shape index (κ2) is 10.5. The number of allylic oxidation sites excluding steroid dienone is 1. The van der Waals surface area contributed by atoms with Crippen molar-refractivity contribution in [1.82, 2.24) is 4.57 Å². The number of carbonyl (C=O) groups is 1. The molecule has 1 aromatic heterocycles. The molecule has 1 aliphatic heterocycles. The van der Waals surface area contributed by atoms with E-state index in [-0.39, 0.29) is 5.56 Å². The number of hydrogen-bond acceptors (Lipinski definition) is 6. The molecule has 0 N–H and O–H groups in total. The van der Waals surface area contributed by atoms with Gasteiger partial charge in [-0.1, -0.05) is 92.8 Å². The Labute approximate surface area is 223 Å². The Morgan fingerprint density at radius 3 is 2.46 bits per heavy atom. The maximum atomic E-state index is 13.9. The van der Waals surface area contributed by atoms with Crippen LogP contribution in [-0.2, 0) is 9.53 Å². The van der Waals surface area contributed by atoms with E-state index in [2.05, 4.69) is 38.1 Å². The smallest absolute Gasteiger partial charge is 0.338 e. The standard InChI is InChI=1S/C30H28N2O3S2/c1-5-23-26(29(34)35-4)27(19-11-7-6-8-12-19)32-28(33)25(37-30(32)31-23)17-20-15-16-24(36-18(2)3)22-14-10-9-13-21(20)22/h6-18,27H,5H2,1-4H3/b25-17-/t27-/m1/s1. The van der Waals surface area contributed by atoms with Gasteiger partial charge in [-0.3, -0.25) is 9.36 Å². The number of thioether (sulfide) groups is 1. The fourth-order valence-electron chi connectivity index (χ4n) is 4.73. The van der Waals surface area contributed by atoms with Crippen LogP contribution in [-0.4, -0.2) is 22.9 Å².